The van der Waals surface area contributed by atoms with Crippen molar-refractivity contribution < 1.29 is 9.59 Å². The number of thiophene rings is 1. The second-order valence-corrected chi connectivity index (χ2v) is 8.95. The Morgan fingerprint density at radius 3 is 2.38 bits per heavy atom. The minimum atomic E-state index is -0.155. The minimum Gasteiger partial charge on any atom is -0.372 e. The van der Waals surface area contributed by atoms with Gasteiger partial charge in [-0.3, -0.25) is 9.59 Å². The van der Waals surface area contributed by atoms with E-state index >= 15 is 0 Å². The minimum absolute atomic E-state index is 0.0104. The van der Waals surface area contributed by atoms with Crippen LogP contribution in [0.2, 0.25) is 0 Å². The van der Waals surface area contributed by atoms with E-state index in [-0.39, 0.29) is 17.7 Å². The highest BCUT2D eigenvalue weighted by molar-refractivity contribution is 7.12. The topological polar surface area (TPSA) is 52.7 Å². The van der Waals surface area contributed by atoms with Crippen LogP contribution in [-0.2, 0) is 4.79 Å². The van der Waals surface area contributed by atoms with Gasteiger partial charge in [0.2, 0.25) is 5.91 Å². The average Bonchev–Trinajstić information content (AvgIpc) is 3.16. The van der Waals surface area contributed by atoms with Gasteiger partial charge < -0.3 is 15.1 Å². The maximum atomic E-state index is 12.8. The van der Waals surface area contributed by atoms with Crippen LogP contribution in [-0.4, -0.2) is 42.9 Å². The van der Waals surface area contributed by atoms with Crippen molar-refractivity contribution in [3.63, 3.8) is 0 Å². The second kappa shape index (κ2) is 9.44. The molecular weight excluding hydrogens is 382 g/mol. The average molecular weight is 412 g/mol. The number of amides is 2. The number of carbonyl (C=O) groups excluding carboxylic acids is 2. The zero-order valence-corrected chi connectivity index (χ0v) is 17.6. The molecule has 1 unspecified atom stereocenters. The fraction of sp³-hybridized carbons (Fsp3) is 0.478. The van der Waals surface area contributed by atoms with Gasteiger partial charge in [0, 0.05) is 37.6 Å². The van der Waals surface area contributed by atoms with Gasteiger partial charge in [-0.2, -0.15) is 0 Å². The molecule has 1 atom stereocenters. The summed E-state index contributed by atoms with van der Waals surface area (Å²) in [5.41, 5.74) is 2.06. The van der Waals surface area contributed by atoms with E-state index in [1.54, 1.807) is 0 Å². The fourth-order valence-corrected chi connectivity index (χ4v) is 4.95. The molecule has 154 valence electrons. The van der Waals surface area contributed by atoms with Crippen LogP contribution in [0.25, 0.3) is 0 Å². The Balaban J connectivity index is 1.34. The van der Waals surface area contributed by atoms with Gasteiger partial charge in [0.25, 0.3) is 5.91 Å². The zero-order chi connectivity index (χ0) is 20.1. The van der Waals surface area contributed by atoms with E-state index in [1.807, 2.05) is 34.5 Å². The fourth-order valence-electron chi connectivity index (χ4n) is 4.26. The van der Waals surface area contributed by atoms with E-state index in [0.29, 0.717) is 6.54 Å². The summed E-state index contributed by atoms with van der Waals surface area (Å²) in [6, 6.07) is 11.9. The SMILES string of the molecule is O=C(Nc1ccc(N2CCCCCC2)cc1)C1CCCN(C(=O)c2cccs2)C1. The standard InChI is InChI=1S/C23H29N3O2S/c27-22(18-7-5-15-26(17-18)23(28)21-8-6-16-29-21)24-19-9-11-20(12-10-19)25-13-3-1-2-4-14-25/h6,8-12,16,18H,1-5,7,13-15,17H2,(H,24,27). The molecule has 3 heterocycles. The molecule has 1 aromatic carbocycles. The van der Waals surface area contributed by atoms with Gasteiger partial charge in [-0.05, 0) is 61.4 Å². The molecule has 2 amide bonds. The number of piperidine rings is 1. The molecule has 2 aliphatic heterocycles. The van der Waals surface area contributed by atoms with Crippen LogP contribution in [0.1, 0.15) is 48.2 Å². The van der Waals surface area contributed by atoms with Crippen LogP contribution >= 0.6 is 11.3 Å². The number of nitrogens with one attached hydrogen (secondary N) is 1. The first-order valence-corrected chi connectivity index (χ1v) is 11.6. The number of carbonyl (C=O) groups is 2. The van der Waals surface area contributed by atoms with Crippen molar-refractivity contribution >= 4 is 34.5 Å². The Kier molecular flexibility index (Phi) is 6.49. The van der Waals surface area contributed by atoms with Crippen LogP contribution in [0.5, 0.6) is 0 Å². The maximum Gasteiger partial charge on any atom is 0.263 e. The number of hydrogen-bond acceptors (Lipinski definition) is 4. The third-order valence-electron chi connectivity index (χ3n) is 5.92. The van der Waals surface area contributed by atoms with Gasteiger partial charge in [-0.15, -0.1) is 11.3 Å². The highest BCUT2D eigenvalue weighted by atomic mass is 32.1. The summed E-state index contributed by atoms with van der Waals surface area (Å²) < 4.78 is 0. The largest absolute Gasteiger partial charge is 0.372 e. The van der Waals surface area contributed by atoms with Crippen molar-refractivity contribution in [3.05, 3.63) is 46.7 Å². The molecule has 0 radical (unpaired) electrons. The number of hydrogen-bond donors (Lipinski definition) is 1. The normalized spacial score (nSPS) is 20.2. The highest BCUT2D eigenvalue weighted by Crippen LogP contribution is 2.24. The van der Waals surface area contributed by atoms with Crippen molar-refractivity contribution in [2.45, 2.75) is 38.5 Å². The molecule has 1 N–H and O–H groups in total. The van der Waals surface area contributed by atoms with Gasteiger partial charge in [-0.1, -0.05) is 18.9 Å². The van der Waals surface area contributed by atoms with E-state index in [2.05, 4.69) is 22.3 Å². The Labute approximate surface area is 176 Å². The molecule has 0 bridgehead atoms. The summed E-state index contributed by atoms with van der Waals surface area (Å²) in [6.07, 6.45) is 6.83. The number of rotatable bonds is 4. The van der Waals surface area contributed by atoms with Crippen molar-refractivity contribution in [2.75, 3.05) is 36.4 Å². The predicted octanol–water partition coefficient (Wildman–Crippen LogP) is 4.62. The molecule has 0 saturated carbocycles. The summed E-state index contributed by atoms with van der Waals surface area (Å²) in [4.78, 5) is 30.4. The number of nitrogens with zero attached hydrogens (tertiary/aromatic N) is 2. The van der Waals surface area contributed by atoms with E-state index < -0.39 is 0 Å². The lowest BCUT2D eigenvalue weighted by Gasteiger charge is -2.31. The van der Waals surface area contributed by atoms with Gasteiger partial charge >= 0.3 is 0 Å². The lowest BCUT2D eigenvalue weighted by Crippen LogP contribution is -2.43. The molecule has 6 heteroatoms. The van der Waals surface area contributed by atoms with Crippen LogP contribution < -0.4 is 10.2 Å². The molecule has 1 aromatic heterocycles. The quantitative estimate of drug-likeness (QED) is 0.799. The van der Waals surface area contributed by atoms with E-state index in [4.69, 9.17) is 0 Å². The molecule has 2 aromatic rings. The van der Waals surface area contributed by atoms with Gasteiger partial charge in [0.1, 0.15) is 0 Å². The Morgan fingerprint density at radius 1 is 0.931 bits per heavy atom. The van der Waals surface area contributed by atoms with Crippen molar-refractivity contribution in [3.8, 4) is 0 Å². The molecule has 2 fully saturated rings. The van der Waals surface area contributed by atoms with Crippen LogP contribution in [0.3, 0.4) is 0 Å². The van der Waals surface area contributed by atoms with E-state index in [1.165, 1.54) is 42.7 Å². The summed E-state index contributed by atoms with van der Waals surface area (Å²) in [7, 11) is 0. The highest BCUT2D eigenvalue weighted by Gasteiger charge is 2.29. The van der Waals surface area contributed by atoms with Crippen molar-refractivity contribution in [1.82, 2.24) is 4.90 Å². The molecule has 2 saturated heterocycles. The number of anilines is 2. The Morgan fingerprint density at radius 2 is 1.69 bits per heavy atom. The van der Waals surface area contributed by atoms with E-state index in [0.717, 1.165) is 43.0 Å². The molecular formula is C23H29N3O2S. The lowest BCUT2D eigenvalue weighted by atomic mass is 9.97. The molecule has 29 heavy (non-hydrogen) atoms. The summed E-state index contributed by atoms with van der Waals surface area (Å²) >= 11 is 1.46. The summed E-state index contributed by atoms with van der Waals surface area (Å²) in [6.45, 7) is 3.45. The first-order valence-electron chi connectivity index (χ1n) is 10.7. The molecule has 0 spiro atoms. The van der Waals surface area contributed by atoms with Crippen LogP contribution in [0, 0.1) is 5.92 Å². The van der Waals surface area contributed by atoms with Crippen LogP contribution in [0.4, 0.5) is 11.4 Å². The molecule has 4 rings (SSSR count). The van der Waals surface area contributed by atoms with Gasteiger partial charge in [0.15, 0.2) is 0 Å². The summed E-state index contributed by atoms with van der Waals surface area (Å²) in [5, 5.41) is 4.97. The Bertz CT molecular complexity index is 811. The lowest BCUT2D eigenvalue weighted by molar-refractivity contribution is -0.121. The van der Waals surface area contributed by atoms with E-state index in [9.17, 15) is 9.59 Å². The molecule has 5 nitrogen and oxygen atoms in total. The van der Waals surface area contributed by atoms with Gasteiger partial charge in [-0.25, -0.2) is 0 Å². The van der Waals surface area contributed by atoms with Gasteiger partial charge in [0.05, 0.1) is 10.8 Å². The summed E-state index contributed by atoms with van der Waals surface area (Å²) in [5.74, 6) is -0.103. The predicted molar refractivity (Wildman–Crippen MR) is 119 cm³/mol. The van der Waals surface area contributed by atoms with Crippen molar-refractivity contribution in [1.29, 1.82) is 0 Å². The van der Waals surface area contributed by atoms with Crippen LogP contribution in [0.15, 0.2) is 41.8 Å². The Hall–Kier alpha value is -2.34. The number of benzene rings is 1. The maximum absolute atomic E-state index is 12.8. The third-order valence-corrected chi connectivity index (χ3v) is 6.78. The first kappa shape index (κ1) is 20.0. The zero-order valence-electron chi connectivity index (χ0n) is 16.8. The van der Waals surface area contributed by atoms with Crippen molar-refractivity contribution in [2.24, 2.45) is 5.92 Å². The molecule has 0 aliphatic carbocycles. The first-order chi connectivity index (χ1) is 14.2. The molecule has 2 aliphatic rings. The smallest absolute Gasteiger partial charge is 0.263 e. The monoisotopic (exact) mass is 411 g/mol. The second-order valence-electron chi connectivity index (χ2n) is 8.01. The third kappa shape index (κ3) is 4.99. The number of likely N-dealkylation sites (tertiary alicyclic amines) is 1.